The van der Waals surface area contributed by atoms with Crippen molar-refractivity contribution in [2.24, 2.45) is 0 Å². The molecule has 182 valence electrons. The third-order valence-corrected chi connectivity index (χ3v) is 6.33. The number of anilines is 1. The van der Waals surface area contributed by atoms with Crippen LogP contribution >= 0.6 is 11.6 Å². The van der Waals surface area contributed by atoms with Crippen LogP contribution < -0.4 is 9.64 Å². The smallest absolute Gasteiger partial charge is 0.294 e. The minimum absolute atomic E-state index is 0.102. The molecule has 0 bridgehead atoms. The lowest BCUT2D eigenvalue weighted by Gasteiger charge is -2.27. The van der Waals surface area contributed by atoms with Crippen LogP contribution in [0, 0.1) is 19.7 Å². The van der Waals surface area contributed by atoms with E-state index in [1.54, 1.807) is 24.3 Å². The molecule has 0 radical (unpaired) electrons. The van der Waals surface area contributed by atoms with E-state index in [0.29, 0.717) is 33.0 Å². The summed E-state index contributed by atoms with van der Waals surface area (Å²) in [7, 11) is 1.45. The molecule has 0 saturated heterocycles. The standard InChI is InChI=1S/C28H21ClFNO5/c1-14-8-15(2)10-20(9-14)31-24(16-4-6-19(30)7-5-16)23(26(33)28(31)34)25(32)21-12-17-11-18(29)13-22(35-3)27(17)36-21/h4-13,24,33H,1-3H3. The number of carbonyl (C=O) groups excluding carboxylic acids is 2. The predicted octanol–water partition coefficient (Wildman–Crippen LogP) is 6.63. The van der Waals surface area contributed by atoms with Gasteiger partial charge in [-0.05, 0) is 66.9 Å². The third-order valence-electron chi connectivity index (χ3n) is 6.11. The fourth-order valence-corrected chi connectivity index (χ4v) is 4.85. The van der Waals surface area contributed by atoms with Crippen LogP contribution in [0.3, 0.4) is 0 Å². The molecule has 6 nitrogen and oxygen atoms in total. The summed E-state index contributed by atoms with van der Waals surface area (Å²) < 4.78 is 24.9. The van der Waals surface area contributed by atoms with Crippen LogP contribution in [0.2, 0.25) is 5.02 Å². The number of aryl methyl sites for hydroxylation is 2. The van der Waals surface area contributed by atoms with Gasteiger partial charge in [0.25, 0.3) is 5.91 Å². The second-order valence-corrected chi connectivity index (χ2v) is 9.14. The van der Waals surface area contributed by atoms with Crippen LogP contribution in [0.1, 0.15) is 33.3 Å². The maximum absolute atomic E-state index is 13.8. The Hall–Kier alpha value is -4.10. The number of carbonyl (C=O) groups is 2. The number of hydrogen-bond donors (Lipinski definition) is 1. The zero-order valence-corrected chi connectivity index (χ0v) is 20.4. The van der Waals surface area contributed by atoms with Gasteiger partial charge in [0.2, 0.25) is 5.78 Å². The Labute approximate surface area is 211 Å². The molecule has 1 atom stereocenters. The number of methoxy groups -OCH3 is 1. The van der Waals surface area contributed by atoms with Crippen molar-refractivity contribution in [3.63, 3.8) is 0 Å². The number of amides is 1. The van der Waals surface area contributed by atoms with Gasteiger partial charge >= 0.3 is 0 Å². The Morgan fingerprint density at radius 3 is 2.36 bits per heavy atom. The maximum Gasteiger partial charge on any atom is 0.294 e. The highest BCUT2D eigenvalue weighted by molar-refractivity contribution is 6.31. The van der Waals surface area contributed by atoms with Gasteiger partial charge in [0.1, 0.15) is 5.82 Å². The van der Waals surface area contributed by atoms with Crippen molar-refractivity contribution in [3.8, 4) is 5.75 Å². The van der Waals surface area contributed by atoms with Gasteiger partial charge in [-0.2, -0.15) is 0 Å². The topological polar surface area (TPSA) is 80.0 Å². The number of halogens is 2. The minimum Gasteiger partial charge on any atom is -0.503 e. The number of fused-ring (bicyclic) bond motifs is 1. The van der Waals surface area contributed by atoms with E-state index in [2.05, 4.69) is 0 Å². The number of benzene rings is 3. The summed E-state index contributed by atoms with van der Waals surface area (Å²) in [6.07, 6.45) is 0. The van der Waals surface area contributed by atoms with E-state index in [-0.39, 0.29) is 11.3 Å². The second kappa shape index (κ2) is 8.84. The van der Waals surface area contributed by atoms with Crippen LogP contribution in [0.4, 0.5) is 10.1 Å². The number of hydrogen-bond acceptors (Lipinski definition) is 5. The van der Waals surface area contributed by atoms with Gasteiger partial charge in [0, 0.05) is 22.2 Å². The number of aliphatic hydroxyl groups is 1. The van der Waals surface area contributed by atoms with Crippen LogP contribution in [0.15, 0.2) is 76.4 Å². The number of rotatable bonds is 5. The number of ether oxygens (including phenoxy) is 1. The summed E-state index contributed by atoms with van der Waals surface area (Å²) >= 11 is 6.15. The van der Waals surface area contributed by atoms with E-state index in [4.69, 9.17) is 20.8 Å². The normalized spacial score (nSPS) is 15.8. The van der Waals surface area contributed by atoms with E-state index >= 15 is 0 Å². The molecule has 1 aromatic heterocycles. The quantitative estimate of drug-likeness (QED) is 0.308. The molecule has 4 aromatic rings. The maximum atomic E-state index is 13.8. The summed E-state index contributed by atoms with van der Waals surface area (Å²) in [6, 6.07) is 14.6. The molecule has 1 amide bonds. The van der Waals surface area contributed by atoms with Gasteiger partial charge in [-0.1, -0.05) is 29.8 Å². The molecule has 0 spiro atoms. The molecular formula is C28H21ClFNO5. The SMILES string of the molecule is COc1cc(Cl)cc2cc(C(=O)C3=C(O)C(=O)N(c4cc(C)cc(C)c4)C3c3ccc(F)cc3)oc12. The Morgan fingerprint density at radius 1 is 1.06 bits per heavy atom. The molecule has 5 rings (SSSR count). The van der Waals surface area contributed by atoms with Gasteiger partial charge in [0.05, 0.1) is 18.7 Å². The van der Waals surface area contributed by atoms with Gasteiger partial charge in [-0.15, -0.1) is 0 Å². The van der Waals surface area contributed by atoms with Gasteiger partial charge in [-0.3, -0.25) is 14.5 Å². The molecule has 1 aliphatic rings. The Kier molecular flexibility index (Phi) is 5.80. The van der Waals surface area contributed by atoms with E-state index in [0.717, 1.165) is 11.1 Å². The lowest BCUT2D eigenvalue weighted by Crippen LogP contribution is -2.31. The molecule has 0 fully saturated rings. The summed E-state index contributed by atoms with van der Waals surface area (Å²) in [5.74, 6) is -2.35. The molecule has 1 aliphatic heterocycles. The number of nitrogens with zero attached hydrogens (tertiary/aromatic N) is 1. The van der Waals surface area contributed by atoms with E-state index in [1.165, 1.54) is 42.3 Å². The molecule has 3 aromatic carbocycles. The van der Waals surface area contributed by atoms with Crippen molar-refractivity contribution >= 4 is 39.9 Å². The summed E-state index contributed by atoms with van der Waals surface area (Å²) in [5.41, 5.74) is 2.88. The molecule has 1 unspecified atom stereocenters. The minimum atomic E-state index is -1.01. The first-order chi connectivity index (χ1) is 17.2. The van der Waals surface area contributed by atoms with Gasteiger partial charge in [0.15, 0.2) is 22.9 Å². The largest absolute Gasteiger partial charge is 0.503 e. The summed E-state index contributed by atoms with van der Waals surface area (Å²) in [5, 5.41) is 11.9. The summed E-state index contributed by atoms with van der Waals surface area (Å²) in [4.78, 5) is 28.5. The molecule has 0 aliphatic carbocycles. The fraction of sp³-hybridized carbons (Fsp3) is 0.143. The number of aliphatic hydroxyl groups excluding tert-OH is 1. The Balaban J connectivity index is 1.68. The number of Topliss-reactive ketones (excluding diaryl/α,β-unsaturated/α-hetero) is 1. The Morgan fingerprint density at radius 2 is 1.72 bits per heavy atom. The van der Waals surface area contributed by atoms with E-state index in [9.17, 15) is 19.1 Å². The average molecular weight is 506 g/mol. The molecule has 36 heavy (non-hydrogen) atoms. The first-order valence-corrected chi connectivity index (χ1v) is 11.5. The zero-order chi connectivity index (χ0) is 25.7. The molecule has 2 heterocycles. The van der Waals surface area contributed by atoms with Crippen LogP contribution in [0.25, 0.3) is 11.0 Å². The predicted molar refractivity (Wildman–Crippen MR) is 134 cm³/mol. The van der Waals surface area contributed by atoms with Crippen molar-refractivity contribution in [1.29, 1.82) is 0 Å². The fourth-order valence-electron chi connectivity index (χ4n) is 4.64. The van der Waals surface area contributed by atoms with Gasteiger partial charge in [-0.25, -0.2) is 4.39 Å². The lowest BCUT2D eigenvalue weighted by molar-refractivity contribution is -0.117. The second-order valence-electron chi connectivity index (χ2n) is 8.70. The van der Waals surface area contributed by atoms with Crippen molar-refractivity contribution in [2.75, 3.05) is 12.0 Å². The molecule has 0 saturated carbocycles. The van der Waals surface area contributed by atoms with Gasteiger partial charge < -0.3 is 14.3 Å². The van der Waals surface area contributed by atoms with E-state index in [1.807, 2.05) is 19.9 Å². The highest BCUT2D eigenvalue weighted by atomic mass is 35.5. The highest BCUT2D eigenvalue weighted by Crippen LogP contribution is 2.43. The highest BCUT2D eigenvalue weighted by Gasteiger charge is 2.45. The Bertz CT molecular complexity index is 1550. The first-order valence-electron chi connectivity index (χ1n) is 11.1. The molecule has 8 heteroatoms. The van der Waals surface area contributed by atoms with Crippen LogP contribution in [0.5, 0.6) is 5.75 Å². The van der Waals surface area contributed by atoms with Crippen molar-refractivity contribution < 1.29 is 28.2 Å². The van der Waals surface area contributed by atoms with Crippen LogP contribution in [-0.2, 0) is 4.79 Å². The van der Waals surface area contributed by atoms with Crippen LogP contribution in [-0.4, -0.2) is 23.9 Å². The third kappa shape index (κ3) is 3.91. The van der Waals surface area contributed by atoms with Crippen molar-refractivity contribution in [1.82, 2.24) is 0 Å². The van der Waals surface area contributed by atoms with Crippen molar-refractivity contribution in [2.45, 2.75) is 19.9 Å². The van der Waals surface area contributed by atoms with Crippen molar-refractivity contribution in [3.05, 3.63) is 105 Å². The monoisotopic (exact) mass is 505 g/mol. The molecule has 1 N–H and O–H groups in total. The lowest BCUT2D eigenvalue weighted by atomic mass is 9.94. The zero-order valence-electron chi connectivity index (χ0n) is 19.6. The average Bonchev–Trinajstić information content (AvgIpc) is 3.37. The first kappa shape index (κ1) is 23.6. The van der Waals surface area contributed by atoms with E-state index < -0.39 is 29.3 Å². The number of furan rings is 1. The number of ketones is 1. The molecular weight excluding hydrogens is 485 g/mol. The summed E-state index contributed by atoms with van der Waals surface area (Å²) in [6.45, 7) is 3.77.